The smallest absolute Gasteiger partial charge is 0.243 e. The van der Waals surface area contributed by atoms with Crippen molar-refractivity contribution in [2.24, 2.45) is 11.1 Å². The van der Waals surface area contributed by atoms with E-state index in [2.05, 4.69) is 10.6 Å². The Balaban J connectivity index is 2.22. The van der Waals surface area contributed by atoms with E-state index in [0.29, 0.717) is 25.8 Å². The molecule has 10 nitrogen and oxygen atoms in total. The molecule has 0 aromatic carbocycles. The minimum atomic E-state index is -1.73. The molecule has 2 rings (SSSR count). The molecule has 0 aliphatic carbocycles. The van der Waals surface area contributed by atoms with Crippen molar-refractivity contribution in [2.45, 2.75) is 88.1 Å². The number of Topliss-reactive ketones (excluding diaryl/α,β-unsaturated/α-hetero) is 1. The van der Waals surface area contributed by atoms with Crippen LogP contribution in [0.15, 0.2) is 0 Å². The second-order valence-electron chi connectivity index (χ2n) is 10.0. The van der Waals surface area contributed by atoms with E-state index in [-0.39, 0.29) is 9.99 Å². The molecule has 4 atom stereocenters. The zero-order valence-electron chi connectivity index (χ0n) is 20.5. The first-order chi connectivity index (χ1) is 15.8. The Morgan fingerprint density at radius 3 is 2.32 bits per heavy atom. The summed E-state index contributed by atoms with van der Waals surface area (Å²) in [6.45, 7) is 7.51. The number of nitrogens with one attached hydrogen (secondary N) is 2. The summed E-state index contributed by atoms with van der Waals surface area (Å²) in [6, 6.07) is -2.52. The summed E-state index contributed by atoms with van der Waals surface area (Å²) in [7, 11) is 0. The third kappa shape index (κ3) is 7.55. The van der Waals surface area contributed by atoms with Gasteiger partial charge in [0, 0.05) is 19.5 Å². The Morgan fingerprint density at radius 1 is 1.18 bits per heavy atom. The first kappa shape index (κ1) is 29.3. The number of hydrogen-bond donors (Lipinski definition) is 6. The van der Waals surface area contributed by atoms with Crippen LogP contribution in [0.2, 0.25) is 0 Å². The molecular formula is C22H40N4O6S2. The van der Waals surface area contributed by atoms with Gasteiger partial charge in [0.25, 0.3) is 0 Å². The lowest BCUT2D eigenvalue weighted by Gasteiger charge is -2.34. The Morgan fingerprint density at radius 2 is 1.79 bits per heavy atom. The summed E-state index contributed by atoms with van der Waals surface area (Å²) in [4.78, 5) is 41.1. The van der Waals surface area contributed by atoms with Gasteiger partial charge in [-0.25, -0.2) is 0 Å². The van der Waals surface area contributed by atoms with Crippen LogP contribution in [0, 0.1) is 5.41 Å². The number of aliphatic hydroxyl groups is 3. The van der Waals surface area contributed by atoms with Crippen LogP contribution in [0.25, 0.3) is 0 Å². The average Bonchev–Trinajstić information content (AvgIpc) is 3.14. The molecule has 2 amide bonds. The molecule has 0 aromatic rings. The number of thioether (sulfide) groups is 2. The summed E-state index contributed by atoms with van der Waals surface area (Å²) in [5, 5.41) is 33.1. The van der Waals surface area contributed by atoms with E-state index in [9.17, 15) is 19.5 Å². The standard InChI is InChI=1S/C22H40N4O6S2/c1-5-7-13(16(29)19(31)24-11-15(27)28)25-18(30)14-10-22(33-8-6-9-34-22)12-26(14)20(32)17(23)21(2,3)4/h13-15,17,19,24,27-28,31H,5-12,23H2,1-4H3,(H,25,30). The number of carbonyl (C=O) groups is 3. The molecule has 0 bridgehead atoms. The van der Waals surface area contributed by atoms with Gasteiger partial charge in [0.1, 0.15) is 6.04 Å². The van der Waals surface area contributed by atoms with Crippen LogP contribution in [0.1, 0.15) is 53.4 Å². The van der Waals surface area contributed by atoms with Crippen molar-refractivity contribution in [3.63, 3.8) is 0 Å². The van der Waals surface area contributed by atoms with Gasteiger partial charge in [-0.2, -0.15) is 0 Å². The van der Waals surface area contributed by atoms with E-state index >= 15 is 0 Å². The minimum Gasteiger partial charge on any atom is -0.371 e. The summed E-state index contributed by atoms with van der Waals surface area (Å²) in [6.07, 6.45) is -0.991. The van der Waals surface area contributed by atoms with Gasteiger partial charge in [0.2, 0.25) is 11.8 Å². The van der Waals surface area contributed by atoms with Crippen LogP contribution < -0.4 is 16.4 Å². The minimum absolute atomic E-state index is 0.282. The Bertz CT molecular complexity index is 727. The summed E-state index contributed by atoms with van der Waals surface area (Å²) in [5.74, 6) is 0.516. The third-order valence-corrected chi connectivity index (χ3v) is 9.43. The van der Waals surface area contributed by atoms with Gasteiger partial charge in [-0.3, -0.25) is 19.7 Å². The fourth-order valence-corrected chi connectivity index (χ4v) is 7.38. The third-order valence-electron chi connectivity index (χ3n) is 6.10. The van der Waals surface area contributed by atoms with Crippen LogP contribution in [0.3, 0.4) is 0 Å². The lowest BCUT2D eigenvalue weighted by molar-refractivity contribution is -0.142. The number of rotatable bonds is 10. The van der Waals surface area contributed by atoms with E-state index in [1.165, 1.54) is 0 Å². The van der Waals surface area contributed by atoms with Gasteiger partial charge < -0.3 is 31.3 Å². The molecule has 2 aliphatic rings. The Kier molecular flexibility index (Phi) is 10.7. The second-order valence-corrected chi connectivity index (χ2v) is 13.2. The normalized spacial score (nSPS) is 23.1. The zero-order chi connectivity index (χ0) is 25.7. The maximum Gasteiger partial charge on any atom is 0.243 e. The van der Waals surface area contributed by atoms with E-state index in [1.54, 1.807) is 28.4 Å². The lowest BCUT2D eigenvalue weighted by Crippen LogP contribution is -2.57. The van der Waals surface area contributed by atoms with Gasteiger partial charge in [-0.05, 0) is 29.8 Å². The molecule has 0 radical (unpaired) electrons. The zero-order valence-corrected chi connectivity index (χ0v) is 22.1. The molecule has 196 valence electrons. The maximum atomic E-state index is 13.4. The number of nitrogens with two attached hydrogens (primary N) is 1. The van der Waals surface area contributed by atoms with Crippen LogP contribution in [-0.4, -0.2) is 97.1 Å². The van der Waals surface area contributed by atoms with Gasteiger partial charge in [-0.1, -0.05) is 34.1 Å². The summed E-state index contributed by atoms with van der Waals surface area (Å²) < 4.78 is -0.282. The van der Waals surface area contributed by atoms with Crippen molar-refractivity contribution >= 4 is 41.1 Å². The topological polar surface area (TPSA) is 165 Å². The molecule has 0 aromatic heterocycles. The highest BCUT2D eigenvalue weighted by Crippen LogP contribution is 2.50. The van der Waals surface area contributed by atoms with Crippen LogP contribution in [-0.2, 0) is 14.4 Å². The van der Waals surface area contributed by atoms with Crippen LogP contribution >= 0.6 is 23.5 Å². The van der Waals surface area contributed by atoms with E-state index in [0.717, 1.165) is 17.9 Å². The number of amides is 2. The number of nitrogens with zero attached hydrogens (tertiary/aromatic N) is 1. The first-order valence-electron chi connectivity index (χ1n) is 11.8. The molecule has 34 heavy (non-hydrogen) atoms. The average molecular weight is 521 g/mol. The molecule has 1 spiro atoms. The highest BCUT2D eigenvalue weighted by molar-refractivity contribution is 8.18. The molecule has 0 saturated carbocycles. The Labute approximate surface area is 210 Å². The fraction of sp³-hybridized carbons (Fsp3) is 0.864. The van der Waals surface area contributed by atoms with Crippen molar-refractivity contribution in [2.75, 3.05) is 24.6 Å². The van der Waals surface area contributed by atoms with Crippen molar-refractivity contribution in [1.82, 2.24) is 15.5 Å². The van der Waals surface area contributed by atoms with Gasteiger partial charge >= 0.3 is 0 Å². The SMILES string of the molecule is CCCC(NC(=O)C1CC2(CN1C(=O)C(N)C(C)(C)C)SCCCS2)C(=O)C(O)NCC(O)O. The maximum absolute atomic E-state index is 13.4. The highest BCUT2D eigenvalue weighted by Gasteiger charge is 2.52. The van der Waals surface area contributed by atoms with Crippen molar-refractivity contribution < 1.29 is 29.7 Å². The molecule has 7 N–H and O–H groups in total. The number of likely N-dealkylation sites (tertiary alicyclic amines) is 1. The molecule has 4 unspecified atom stereocenters. The van der Waals surface area contributed by atoms with Crippen molar-refractivity contribution in [3.05, 3.63) is 0 Å². The second kappa shape index (κ2) is 12.4. The molecule has 2 fully saturated rings. The van der Waals surface area contributed by atoms with Crippen molar-refractivity contribution in [3.8, 4) is 0 Å². The quantitative estimate of drug-likeness (QED) is 0.209. The Hall–Kier alpha value is -0.890. The predicted molar refractivity (Wildman–Crippen MR) is 134 cm³/mol. The molecular weight excluding hydrogens is 480 g/mol. The number of carbonyl (C=O) groups excluding carboxylic acids is 3. The lowest BCUT2D eigenvalue weighted by atomic mass is 9.86. The fourth-order valence-electron chi connectivity index (χ4n) is 4.03. The highest BCUT2D eigenvalue weighted by atomic mass is 32.2. The molecule has 2 heterocycles. The summed E-state index contributed by atoms with van der Waals surface area (Å²) >= 11 is 3.54. The number of aliphatic hydroxyl groups excluding tert-OH is 2. The summed E-state index contributed by atoms with van der Waals surface area (Å²) in [5.41, 5.74) is 5.80. The van der Waals surface area contributed by atoms with Gasteiger partial charge in [0.05, 0.1) is 16.2 Å². The first-order valence-corrected chi connectivity index (χ1v) is 13.7. The number of hydrogen-bond acceptors (Lipinski definition) is 10. The molecule has 12 heteroatoms. The van der Waals surface area contributed by atoms with Gasteiger partial charge in [0.15, 0.2) is 18.3 Å². The van der Waals surface area contributed by atoms with Crippen LogP contribution in [0.5, 0.6) is 0 Å². The van der Waals surface area contributed by atoms with Crippen LogP contribution in [0.4, 0.5) is 0 Å². The van der Waals surface area contributed by atoms with E-state index < -0.39 is 54.3 Å². The molecule has 2 saturated heterocycles. The van der Waals surface area contributed by atoms with E-state index in [4.69, 9.17) is 15.9 Å². The largest absolute Gasteiger partial charge is 0.371 e. The predicted octanol–water partition coefficient (Wildman–Crippen LogP) is -0.400. The number of ketones is 1. The molecule has 2 aliphatic heterocycles. The van der Waals surface area contributed by atoms with E-state index in [1.807, 2.05) is 27.7 Å². The van der Waals surface area contributed by atoms with Crippen molar-refractivity contribution in [1.29, 1.82) is 0 Å². The van der Waals surface area contributed by atoms with Gasteiger partial charge in [-0.15, -0.1) is 23.5 Å². The monoisotopic (exact) mass is 520 g/mol.